The van der Waals surface area contributed by atoms with Crippen LogP contribution in [0.25, 0.3) is 0 Å². The number of benzene rings is 2. The minimum absolute atomic E-state index is 0.0608. The van der Waals surface area contributed by atoms with E-state index in [9.17, 15) is 27.2 Å². The second-order valence-electron chi connectivity index (χ2n) is 7.56. The first kappa shape index (κ1) is 23.1. The zero-order valence-corrected chi connectivity index (χ0v) is 17.7. The lowest BCUT2D eigenvalue weighted by atomic mass is 10.1. The number of hydrogen-bond acceptors (Lipinski definition) is 5. The average molecular weight is 473 g/mol. The van der Waals surface area contributed by atoms with Gasteiger partial charge in [-0.25, -0.2) is 4.39 Å². The summed E-state index contributed by atoms with van der Waals surface area (Å²) in [6, 6.07) is 13.1. The molecule has 176 valence electrons. The van der Waals surface area contributed by atoms with Crippen molar-refractivity contribution in [2.45, 2.75) is 6.18 Å². The van der Waals surface area contributed by atoms with Crippen LogP contribution >= 0.6 is 0 Å². The SMILES string of the molecule is O=C(Nc1ccc(F)cc1)c1ccc(N2CCN(C(=O)c3ccccc3C(F)(F)F)CC2)nn1. The highest BCUT2D eigenvalue weighted by molar-refractivity contribution is 6.02. The molecular weight excluding hydrogens is 454 g/mol. The maximum atomic E-state index is 13.2. The number of hydrogen-bond donors (Lipinski definition) is 1. The van der Waals surface area contributed by atoms with Crippen LogP contribution in [0, 0.1) is 5.82 Å². The predicted octanol–water partition coefficient (Wildman–Crippen LogP) is 3.85. The Balaban J connectivity index is 1.37. The second-order valence-corrected chi connectivity index (χ2v) is 7.56. The smallest absolute Gasteiger partial charge is 0.352 e. The van der Waals surface area contributed by atoms with Crippen LogP contribution in [-0.4, -0.2) is 53.1 Å². The Morgan fingerprint density at radius 3 is 2.15 bits per heavy atom. The third-order valence-electron chi connectivity index (χ3n) is 5.34. The summed E-state index contributed by atoms with van der Waals surface area (Å²) in [6.07, 6.45) is -4.62. The van der Waals surface area contributed by atoms with Crippen molar-refractivity contribution in [3.8, 4) is 0 Å². The monoisotopic (exact) mass is 473 g/mol. The number of carbonyl (C=O) groups excluding carboxylic acids is 2. The fourth-order valence-electron chi connectivity index (χ4n) is 3.57. The summed E-state index contributed by atoms with van der Waals surface area (Å²) in [5.74, 6) is -1.13. The first-order valence-electron chi connectivity index (χ1n) is 10.3. The molecule has 0 spiro atoms. The van der Waals surface area contributed by atoms with Crippen molar-refractivity contribution in [3.05, 3.63) is 83.3 Å². The van der Waals surface area contributed by atoms with Gasteiger partial charge in [0.1, 0.15) is 5.82 Å². The zero-order valence-electron chi connectivity index (χ0n) is 17.7. The normalized spacial score (nSPS) is 14.1. The van der Waals surface area contributed by atoms with E-state index in [1.807, 2.05) is 4.90 Å². The van der Waals surface area contributed by atoms with Gasteiger partial charge in [-0.05, 0) is 48.5 Å². The van der Waals surface area contributed by atoms with Crippen LogP contribution in [0.4, 0.5) is 29.1 Å². The number of amides is 2. The summed E-state index contributed by atoms with van der Waals surface area (Å²) in [7, 11) is 0. The van der Waals surface area contributed by atoms with Gasteiger partial charge in [0.15, 0.2) is 11.5 Å². The minimum Gasteiger partial charge on any atom is -0.352 e. The van der Waals surface area contributed by atoms with Crippen LogP contribution in [-0.2, 0) is 6.18 Å². The fraction of sp³-hybridized carbons (Fsp3) is 0.217. The summed E-state index contributed by atoms with van der Waals surface area (Å²) in [6.45, 7) is 1.10. The van der Waals surface area contributed by atoms with E-state index in [0.717, 1.165) is 6.07 Å². The molecular formula is C23H19F4N5O2. The van der Waals surface area contributed by atoms with Crippen LogP contribution in [0.2, 0.25) is 0 Å². The van der Waals surface area contributed by atoms with E-state index in [-0.39, 0.29) is 24.3 Å². The third-order valence-corrected chi connectivity index (χ3v) is 5.34. The van der Waals surface area contributed by atoms with Crippen LogP contribution in [0.3, 0.4) is 0 Å². The third kappa shape index (κ3) is 5.13. The van der Waals surface area contributed by atoms with Gasteiger partial charge < -0.3 is 15.1 Å². The molecule has 0 radical (unpaired) electrons. The Morgan fingerprint density at radius 2 is 1.53 bits per heavy atom. The van der Waals surface area contributed by atoms with Crippen LogP contribution < -0.4 is 10.2 Å². The topological polar surface area (TPSA) is 78.4 Å². The van der Waals surface area contributed by atoms with E-state index < -0.39 is 29.4 Å². The van der Waals surface area contributed by atoms with E-state index in [4.69, 9.17) is 0 Å². The molecule has 7 nitrogen and oxygen atoms in total. The molecule has 1 fully saturated rings. The van der Waals surface area contributed by atoms with Crippen molar-refractivity contribution in [1.29, 1.82) is 0 Å². The molecule has 2 aromatic carbocycles. The molecule has 34 heavy (non-hydrogen) atoms. The average Bonchev–Trinajstić information content (AvgIpc) is 2.84. The highest BCUT2D eigenvalue weighted by Gasteiger charge is 2.36. The number of halogens is 4. The van der Waals surface area contributed by atoms with Gasteiger partial charge in [0.25, 0.3) is 11.8 Å². The molecule has 1 aromatic heterocycles. The summed E-state index contributed by atoms with van der Waals surface area (Å²) in [5.41, 5.74) is -0.863. The first-order valence-corrected chi connectivity index (χ1v) is 10.3. The summed E-state index contributed by atoms with van der Waals surface area (Å²) < 4.78 is 52.7. The molecule has 11 heteroatoms. The minimum atomic E-state index is -4.62. The Morgan fingerprint density at radius 1 is 0.853 bits per heavy atom. The highest BCUT2D eigenvalue weighted by Crippen LogP contribution is 2.32. The zero-order chi connectivity index (χ0) is 24.3. The van der Waals surface area contributed by atoms with Crippen LogP contribution in [0.15, 0.2) is 60.7 Å². The molecule has 1 N–H and O–H groups in total. The van der Waals surface area contributed by atoms with Crippen molar-refractivity contribution < 1.29 is 27.2 Å². The Kier molecular flexibility index (Phi) is 6.44. The first-order chi connectivity index (χ1) is 16.2. The van der Waals surface area contributed by atoms with Gasteiger partial charge in [-0.2, -0.15) is 13.2 Å². The predicted molar refractivity (Wildman–Crippen MR) is 116 cm³/mol. The number of piperazine rings is 1. The molecule has 2 amide bonds. The van der Waals surface area contributed by atoms with E-state index in [1.54, 1.807) is 6.07 Å². The van der Waals surface area contributed by atoms with E-state index in [0.29, 0.717) is 24.6 Å². The number of nitrogens with zero attached hydrogens (tertiary/aromatic N) is 4. The van der Waals surface area contributed by atoms with Gasteiger partial charge in [0.05, 0.1) is 11.1 Å². The molecule has 1 saturated heterocycles. The number of anilines is 2. The van der Waals surface area contributed by atoms with Crippen molar-refractivity contribution in [3.63, 3.8) is 0 Å². The molecule has 0 atom stereocenters. The Bertz CT molecular complexity index is 1180. The van der Waals surface area contributed by atoms with Crippen LogP contribution in [0.1, 0.15) is 26.4 Å². The van der Waals surface area contributed by atoms with Gasteiger partial charge in [-0.15, -0.1) is 10.2 Å². The van der Waals surface area contributed by atoms with E-state index in [1.165, 1.54) is 53.4 Å². The molecule has 0 aliphatic carbocycles. The molecule has 1 aliphatic heterocycles. The number of carbonyl (C=O) groups is 2. The van der Waals surface area contributed by atoms with E-state index in [2.05, 4.69) is 15.5 Å². The standard InChI is InChI=1S/C23H19F4N5O2/c24-15-5-7-16(8-6-15)28-21(33)19-9-10-20(30-29-19)31-11-13-32(14-12-31)22(34)17-3-1-2-4-18(17)23(25,26)27/h1-10H,11-14H2,(H,28,33). The molecule has 0 saturated carbocycles. The fourth-order valence-corrected chi connectivity index (χ4v) is 3.57. The van der Waals surface area contributed by atoms with Gasteiger partial charge in [-0.1, -0.05) is 12.1 Å². The molecule has 1 aliphatic rings. The lowest BCUT2D eigenvalue weighted by Gasteiger charge is -2.35. The Hall–Kier alpha value is -4.02. The maximum absolute atomic E-state index is 13.2. The largest absolute Gasteiger partial charge is 0.417 e. The summed E-state index contributed by atoms with van der Waals surface area (Å²) >= 11 is 0. The molecule has 3 aromatic rings. The molecule has 4 rings (SSSR count). The van der Waals surface area contributed by atoms with Gasteiger partial charge in [0.2, 0.25) is 0 Å². The maximum Gasteiger partial charge on any atom is 0.417 e. The van der Waals surface area contributed by atoms with Crippen molar-refractivity contribution in [2.24, 2.45) is 0 Å². The van der Waals surface area contributed by atoms with Crippen molar-refractivity contribution >= 4 is 23.3 Å². The lowest BCUT2D eigenvalue weighted by molar-refractivity contribution is -0.138. The van der Waals surface area contributed by atoms with E-state index >= 15 is 0 Å². The van der Waals surface area contributed by atoms with Gasteiger partial charge >= 0.3 is 6.18 Å². The summed E-state index contributed by atoms with van der Waals surface area (Å²) in [5, 5.41) is 10.6. The molecule has 0 bridgehead atoms. The number of rotatable bonds is 4. The number of aromatic nitrogens is 2. The highest BCUT2D eigenvalue weighted by atomic mass is 19.4. The molecule has 2 heterocycles. The molecule has 0 unspecified atom stereocenters. The Labute approximate surface area is 192 Å². The lowest BCUT2D eigenvalue weighted by Crippen LogP contribution is -2.49. The van der Waals surface area contributed by atoms with Crippen LogP contribution in [0.5, 0.6) is 0 Å². The van der Waals surface area contributed by atoms with Gasteiger partial charge in [-0.3, -0.25) is 9.59 Å². The van der Waals surface area contributed by atoms with Crippen molar-refractivity contribution in [2.75, 3.05) is 36.4 Å². The van der Waals surface area contributed by atoms with Gasteiger partial charge in [0, 0.05) is 31.9 Å². The quantitative estimate of drug-likeness (QED) is 0.583. The number of alkyl halides is 3. The summed E-state index contributed by atoms with van der Waals surface area (Å²) in [4.78, 5) is 28.2. The number of nitrogens with one attached hydrogen (secondary N) is 1. The van der Waals surface area contributed by atoms with Crippen molar-refractivity contribution in [1.82, 2.24) is 15.1 Å². The second kappa shape index (κ2) is 9.46.